The van der Waals surface area contributed by atoms with Crippen molar-refractivity contribution >= 4 is 41.6 Å². The van der Waals surface area contributed by atoms with Gasteiger partial charge in [0.2, 0.25) is 0 Å². The van der Waals surface area contributed by atoms with Crippen LogP contribution in [0.2, 0.25) is 0 Å². The fraction of sp³-hybridized carbons (Fsp3) is 0.300. The first-order chi connectivity index (χ1) is 8.36. The van der Waals surface area contributed by atoms with Crippen LogP contribution in [0.3, 0.4) is 0 Å². The highest BCUT2D eigenvalue weighted by Gasteiger charge is 2.17. The maximum atomic E-state index is 11.7. The Kier molecular flexibility index (Phi) is 5.58. The number of hydrogen-bond donors (Lipinski definition) is 0. The van der Waals surface area contributed by atoms with Crippen molar-refractivity contribution in [2.45, 2.75) is 4.90 Å². The van der Waals surface area contributed by atoms with Crippen molar-refractivity contribution in [3.05, 3.63) is 28.2 Å². The monoisotopic (exact) mass is 356 g/mol. The Morgan fingerprint density at radius 2 is 2.06 bits per heavy atom. The molecule has 0 N–H and O–H groups in total. The fourth-order valence-electron chi connectivity index (χ4n) is 1.11. The highest BCUT2D eigenvalue weighted by molar-refractivity contribution is 9.10. The Morgan fingerprint density at radius 3 is 2.61 bits per heavy atom. The second-order valence-corrected chi connectivity index (χ2v) is 6.63. The van der Waals surface area contributed by atoms with E-state index in [-0.39, 0.29) is 23.7 Å². The third kappa shape index (κ3) is 4.24. The van der Waals surface area contributed by atoms with Gasteiger partial charge < -0.3 is 9.47 Å². The van der Waals surface area contributed by atoms with Gasteiger partial charge in [-0.1, -0.05) is 0 Å². The van der Waals surface area contributed by atoms with Gasteiger partial charge in [-0.25, -0.2) is 13.2 Å². The maximum Gasteiger partial charge on any atom is 0.339 e. The number of esters is 1. The van der Waals surface area contributed by atoms with E-state index in [1.807, 2.05) is 0 Å². The van der Waals surface area contributed by atoms with Crippen LogP contribution in [0.1, 0.15) is 10.4 Å². The molecule has 0 bridgehead atoms. The van der Waals surface area contributed by atoms with E-state index in [0.29, 0.717) is 4.47 Å². The molecular weight excluding hydrogens is 348 g/mol. The number of halogens is 2. The van der Waals surface area contributed by atoms with Crippen LogP contribution in [0.25, 0.3) is 0 Å². The summed E-state index contributed by atoms with van der Waals surface area (Å²) in [5, 5.41) is 0. The van der Waals surface area contributed by atoms with Gasteiger partial charge in [0.25, 0.3) is 9.05 Å². The molecule has 0 fully saturated rings. The summed E-state index contributed by atoms with van der Waals surface area (Å²) in [6.07, 6.45) is 0. The maximum absolute atomic E-state index is 11.7. The lowest BCUT2D eigenvalue weighted by Crippen LogP contribution is -2.11. The molecule has 0 aliphatic carbocycles. The van der Waals surface area contributed by atoms with Crippen LogP contribution in [0, 0.1) is 0 Å². The van der Waals surface area contributed by atoms with Crippen LogP contribution >= 0.6 is 26.6 Å². The molecule has 0 aromatic heterocycles. The zero-order valence-corrected chi connectivity index (χ0v) is 12.5. The van der Waals surface area contributed by atoms with Crippen LogP contribution in [0.15, 0.2) is 27.6 Å². The number of ether oxygens (including phenoxy) is 2. The molecule has 100 valence electrons. The second kappa shape index (κ2) is 6.51. The van der Waals surface area contributed by atoms with Crippen molar-refractivity contribution in [1.82, 2.24) is 0 Å². The summed E-state index contributed by atoms with van der Waals surface area (Å²) in [5.74, 6) is -0.652. The Bertz CT molecular complexity index is 543. The normalized spacial score (nSPS) is 11.3. The average molecular weight is 358 g/mol. The average Bonchev–Trinajstić information content (AvgIpc) is 2.28. The van der Waals surface area contributed by atoms with E-state index in [0.717, 1.165) is 6.07 Å². The van der Waals surface area contributed by atoms with Crippen LogP contribution in [0.4, 0.5) is 0 Å². The first kappa shape index (κ1) is 15.4. The lowest BCUT2D eigenvalue weighted by atomic mass is 10.2. The highest BCUT2D eigenvalue weighted by Crippen LogP contribution is 2.23. The van der Waals surface area contributed by atoms with Crippen LogP contribution < -0.4 is 0 Å². The minimum absolute atomic E-state index is 0.0830. The van der Waals surface area contributed by atoms with E-state index in [9.17, 15) is 13.2 Å². The molecule has 0 saturated heterocycles. The topological polar surface area (TPSA) is 69.7 Å². The standard InChI is InChI=1S/C10H10BrClO5S/c1-16-4-5-17-10(13)8-6-7(18(12,14)15)2-3-9(8)11/h2-3,6H,4-5H2,1H3. The molecule has 1 aromatic carbocycles. The van der Waals surface area contributed by atoms with Gasteiger partial charge in [0, 0.05) is 22.3 Å². The first-order valence-corrected chi connectivity index (χ1v) is 7.86. The van der Waals surface area contributed by atoms with E-state index in [1.165, 1.54) is 19.2 Å². The number of methoxy groups -OCH3 is 1. The molecule has 0 aliphatic heterocycles. The SMILES string of the molecule is COCCOC(=O)c1cc(S(=O)(=O)Cl)ccc1Br. The molecular formula is C10H10BrClO5S. The van der Waals surface area contributed by atoms with Gasteiger partial charge in [0.15, 0.2) is 0 Å². The van der Waals surface area contributed by atoms with Gasteiger partial charge >= 0.3 is 5.97 Å². The van der Waals surface area contributed by atoms with E-state index in [1.54, 1.807) is 0 Å². The third-order valence-electron chi connectivity index (χ3n) is 1.96. The zero-order valence-electron chi connectivity index (χ0n) is 9.35. The van der Waals surface area contributed by atoms with Gasteiger partial charge in [0.1, 0.15) is 6.61 Å². The summed E-state index contributed by atoms with van der Waals surface area (Å²) in [5.41, 5.74) is 0.0906. The molecule has 1 rings (SSSR count). The molecule has 0 saturated carbocycles. The highest BCUT2D eigenvalue weighted by atomic mass is 79.9. The molecule has 0 aliphatic rings. The fourth-order valence-corrected chi connectivity index (χ4v) is 2.29. The Balaban J connectivity index is 2.97. The van der Waals surface area contributed by atoms with Crippen molar-refractivity contribution in [3.63, 3.8) is 0 Å². The number of rotatable bonds is 5. The zero-order chi connectivity index (χ0) is 13.8. The predicted octanol–water partition coefficient (Wildman–Crippen LogP) is 2.18. The minimum atomic E-state index is -3.88. The molecule has 5 nitrogen and oxygen atoms in total. The van der Waals surface area contributed by atoms with Crippen molar-refractivity contribution in [1.29, 1.82) is 0 Å². The van der Waals surface area contributed by atoms with E-state index >= 15 is 0 Å². The Morgan fingerprint density at radius 1 is 1.39 bits per heavy atom. The second-order valence-electron chi connectivity index (χ2n) is 3.21. The number of benzene rings is 1. The van der Waals surface area contributed by atoms with Gasteiger partial charge in [-0.15, -0.1) is 0 Å². The van der Waals surface area contributed by atoms with E-state index < -0.39 is 15.0 Å². The minimum Gasteiger partial charge on any atom is -0.460 e. The lowest BCUT2D eigenvalue weighted by molar-refractivity contribution is 0.0387. The van der Waals surface area contributed by atoms with Gasteiger partial charge in [-0.3, -0.25) is 0 Å². The summed E-state index contributed by atoms with van der Waals surface area (Å²) >= 11 is 3.14. The van der Waals surface area contributed by atoms with Crippen LogP contribution in [0.5, 0.6) is 0 Å². The van der Waals surface area contributed by atoms with Crippen molar-refractivity contribution in [2.75, 3.05) is 20.3 Å². The van der Waals surface area contributed by atoms with Crippen molar-refractivity contribution in [2.24, 2.45) is 0 Å². The Labute approximate surface area is 118 Å². The number of carbonyl (C=O) groups excluding carboxylic acids is 1. The summed E-state index contributed by atoms with van der Waals surface area (Å²) in [6, 6.07) is 3.86. The molecule has 0 atom stereocenters. The van der Waals surface area contributed by atoms with Gasteiger partial charge in [-0.2, -0.15) is 0 Å². The predicted molar refractivity (Wildman–Crippen MR) is 69.3 cm³/mol. The first-order valence-electron chi connectivity index (χ1n) is 4.76. The van der Waals surface area contributed by atoms with Gasteiger partial charge in [0.05, 0.1) is 17.1 Å². The molecule has 0 spiro atoms. The summed E-state index contributed by atoms with van der Waals surface area (Å²) in [7, 11) is 2.79. The van der Waals surface area contributed by atoms with E-state index in [4.69, 9.17) is 20.2 Å². The largest absolute Gasteiger partial charge is 0.460 e. The lowest BCUT2D eigenvalue weighted by Gasteiger charge is -2.07. The van der Waals surface area contributed by atoms with Crippen LogP contribution in [-0.2, 0) is 18.5 Å². The van der Waals surface area contributed by atoms with Crippen LogP contribution in [-0.4, -0.2) is 34.7 Å². The summed E-state index contributed by atoms with van der Waals surface area (Å²) in [4.78, 5) is 11.5. The molecule has 0 amide bonds. The molecule has 8 heteroatoms. The molecule has 1 aromatic rings. The summed E-state index contributed by atoms with van der Waals surface area (Å²) in [6.45, 7) is 0.344. The van der Waals surface area contributed by atoms with Gasteiger partial charge in [-0.05, 0) is 34.1 Å². The molecule has 0 heterocycles. The summed E-state index contributed by atoms with van der Waals surface area (Å²) < 4.78 is 32.4. The Hall–Kier alpha value is -0.630. The quantitative estimate of drug-likeness (QED) is 0.459. The molecule has 18 heavy (non-hydrogen) atoms. The van der Waals surface area contributed by atoms with Crippen molar-refractivity contribution in [3.8, 4) is 0 Å². The molecule has 0 unspecified atom stereocenters. The number of carbonyl (C=O) groups is 1. The third-order valence-corrected chi connectivity index (χ3v) is 4.00. The van der Waals surface area contributed by atoms with E-state index in [2.05, 4.69) is 15.9 Å². The smallest absolute Gasteiger partial charge is 0.339 e. The van der Waals surface area contributed by atoms with Crippen molar-refractivity contribution < 1.29 is 22.7 Å². The molecule has 0 radical (unpaired) electrons. The number of hydrogen-bond acceptors (Lipinski definition) is 5.